The van der Waals surface area contributed by atoms with E-state index in [9.17, 15) is 9.59 Å². The van der Waals surface area contributed by atoms with Gasteiger partial charge in [0.05, 0.1) is 5.56 Å². The van der Waals surface area contributed by atoms with Gasteiger partial charge in [0.1, 0.15) is 12.1 Å². The van der Waals surface area contributed by atoms with Crippen LogP contribution in [0.2, 0.25) is 0 Å². The molecular formula is C25H27N7O2. The van der Waals surface area contributed by atoms with E-state index < -0.39 is 0 Å². The zero-order chi connectivity index (χ0) is 23.7. The minimum atomic E-state index is -0.0536. The number of hydrogen-bond donors (Lipinski definition) is 0. The van der Waals surface area contributed by atoms with E-state index >= 15 is 0 Å². The number of carbonyl (C=O) groups is 1. The molecule has 2 aliphatic rings. The molecule has 0 radical (unpaired) electrons. The predicted octanol–water partition coefficient (Wildman–Crippen LogP) is 2.32. The maximum atomic E-state index is 13.5. The van der Waals surface area contributed by atoms with Crippen LogP contribution >= 0.6 is 0 Å². The van der Waals surface area contributed by atoms with E-state index in [4.69, 9.17) is 0 Å². The number of anilines is 1. The molecule has 3 aromatic heterocycles. The maximum Gasteiger partial charge on any atom is 0.255 e. The first-order chi connectivity index (χ1) is 16.6. The van der Waals surface area contributed by atoms with Gasteiger partial charge >= 0.3 is 0 Å². The minimum absolute atomic E-state index is 0.0493. The molecule has 5 rings (SSSR count). The molecule has 9 heteroatoms. The zero-order valence-corrected chi connectivity index (χ0v) is 19.2. The largest absolute Gasteiger partial charge is 0.356 e. The summed E-state index contributed by atoms with van der Waals surface area (Å²) < 4.78 is 3.29. The molecule has 1 aliphatic carbocycles. The summed E-state index contributed by atoms with van der Waals surface area (Å²) in [5.74, 6) is 1.52. The summed E-state index contributed by atoms with van der Waals surface area (Å²) in [7, 11) is 1.86. The number of carbonyl (C=O) groups excluding carboxylic acids is 1. The van der Waals surface area contributed by atoms with Gasteiger partial charge in [-0.25, -0.2) is 14.6 Å². The number of rotatable bonds is 6. The van der Waals surface area contributed by atoms with Crippen molar-refractivity contribution < 1.29 is 4.79 Å². The number of fused-ring (bicyclic) bond motifs is 1. The molecule has 0 saturated carbocycles. The first-order valence-corrected chi connectivity index (χ1v) is 11.4. The van der Waals surface area contributed by atoms with Gasteiger partial charge in [0.2, 0.25) is 0 Å². The fourth-order valence-electron chi connectivity index (χ4n) is 4.74. The third kappa shape index (κ3) is 3.93. The molecule has 0 N–H and O–H groups in total. The van der Waals surface area contributed by atoms with Crippen LogP contribution in [0.1, 0.15) is 34.3 Å². The van der Waals surface area contributed by atoms with Crippen molar-refractivity contribution in [1.82, 2.24) is 29.2 Å². The lowest BCUT2D eigenvalue weighted by Crippen LogP contribution is -2.46. The summed E-state index contributed by atoms with van der Waals surface area (Å²) in [4.78, 5) is 39.0. The van der Waals surface area contributed by atoms with Crippen LogP contribution in [-0.4, -0.2) is 61.3 Å². The van der Waals surface area contributed by atoms with E-state index in [2.05, 4.69) is 26.5 Å². The van der Waals surface area contributed by atoms with Gasteiger partial charge in [-0.2, -0.15) is 5.10 Å². The van der Waals surface area contributed by atoms with E-state index in [1.54, 1.807) is 34.0 Å². The molecule has 0 atom stereocenters. The van der Waals surface area contributed by atoms with Gasteiger partial charge in [0.15, 0.2) is 5.82 Å². The molecule has 0 aromatic carbocycles. The predicted molar refractivity (Wildman–Crippen MR) is 130 cm³/mol. The Morgan fingerprint density at radius 2 is 2.06 bits per heavy atom. The van der Waals surface area contributed by atoms with Gasteiger partial charge in [-0.05, 0) is 30.9 Å². The normalized spacial score (nSPS) is 15.4. The van der Waals surface area contributed by atoms with Crippen molar-refractivity contribution in [3.8, 4) is 5.82 Å². The standard InChI is InChI=1S/C25H27N7O2/c1-3-11-31-16-21(19-6-4-7-20(19)25(31)34)24(33)29(2)18-8-13-30(14-9-18)22-15-23(27-17-26-22)32-12-5-10-28-32/h3-6,10,12,15-18H,1,7-9,11,13-14H2,2H3. The number of aromatic nitrogens is 5. The molecule has 0 bridgehead atoms. The van der Waals surface area contributed by atoms with Crippen molar-refractivity contribution in [2.75, 3.05) is 25.0 Å². The number of nitrogens with zero attached hydrogens (tertiary/aromatic N) is 7. The van der Waals surface area contributed by atoms with E-state index in [1.807, 2.05) is 42.4 Å². The van der Waals surface area contributed by atoms with Gasteiger partial charge in [0, 0.05) is 62.9 Å². The lowest BCUT2D eigenvalue weighted by molar-refractivity contribution is 0.0708. The molecular weight excluding hydrogens is 430 g/mol. The molecule has 1 fully saturated rings. The summed E-state index contributed by atoms with van der Waals surface area (Å²) in [5, 5.41) is 4.24. The highest BCUT2D eigenvalue weighted by molar-refractivity contribution is 5.98. The number of allylic oxidation sites excluding steroid dienone is 2. The summed E-state index contributed by atoms with van der Waals surface area (Å²) in [5.41, 5.74) is 1.97. The van der Waals surface area contributed by atoms with Crippen LogP contribution in [0.3, 0.4) is 0 Å². The van der Waals surface area contributed by atoms with Crippen LogP contribution in [0.15, 0.2) is 60.6 Å². The Kier molecular flexibility index (Phi) is 5.83. The van der Waals surface area contributed by atoms with E-state index in [0.29, 0.717) is 24.1 Å². The second-order valence-corrected chi connectivity index (χ2v) is 8.61. The molecule has 1 aliphatic heterocycles. The van der Waals surface area contributed by atoms with Crippen molar-refractivity contribution in [3.63, 3.8) is 0 Å². The smallest absolute Gasteiger partial charge is 0.255 e. The SMILES string of the molecule is C=CCn1cc(C(=O)N(C)C2CCN(c3cc(-n4cccn4)ncn3)CC2)c2c(c1=O)CC=C2. The molecule has 9 nitrogen and oxygen atoms in total. The highest BCUT2D eigenvalue weighted by atomic mass is 16.2. The summed E-state index contributed by atoms with van der Waals surface area (Å²) in [6.45, 7) is 5.69. The Hall–Kier alpha value is -4.01. The molecule has 34 heavy (non-hydrogen) atoms. The number of piperidine rings is 1. The van der Waals surface area contributed by atoms with Gasteiger partial charge < -0.3 is 14.4 Å². The number of amides is 1. The Morgan fingerprint density at radius 3 is 2.79 bits per heavy atom. The van der Waals surface area contributed by atoms with E-state index in [0.717, 1.165) is 43.1 Å². The lowest BCUT2D eigenvalue weighted by Gasteiger charge is -2.37. The number of pyridine rings is 1. The van der Waals surface area contributed by atoms with Crippen LogP contribution < -0.4 is 10.5 Å². The third-order valence-electron chi connectivity index (χ3n) is 6.62. The fraction of sp³-hybridized carbons (Fsp3) is 0.320. The Bertz CT molecular complexity index is 1300. The average molecular weight is 458 g/mol. The molecule has 1 saturated heterocycles. The zero-order valence-electron chi connectivity index (χ0n) is 19.2. The van der Waals surface area contributed by atoms with Crippen molar-refractivity contribution in [2.24, 2.45) is 0 Å². The van der Waals surface area contributed by atoms with Crippen molar-refractivity contribution in [2.45, 2.75) is 31.8 Å². The number of hydrogen-bond acceptors (Lipinski definition) is 6. The molecule has 174 valence electrons. The van der Waals surface area contributed by atoms with Crippen LogP contribution in [0.4, 0.5) is 5.82 Å². The first kappa shape index (κ1) is 21.8. The first-order valence-electron chi connectivity index (χ1n) is 11.4. The molecule has 0 unspecified atom stereocenters. The van der Waals surface area contributed by atoms with Crippen LogP contribution in [0.25, 0.3) is 11.9 Å². The third-order valence-corrected chi connectivity index (χ3v) is 6.62. The highest BCUT2D eigenvalue weighted by Gasteiger charge is 2.29. The van der Waals surface area contributed by atoms with E-state index in [1.165, 1.54) is 0 Å². The Labute approximate surface area is 197 Å². The highest BCUT2D eigenvalue weighted by Crippen LogP contribution is 2.25. The quantitative estimate of drug-likeness (QED) is 0.528. The summed E-state index contributed by atoms with van der Waals surface area (Å²) in [6.07, 6.45) is 14.5. The lowest BCUT2D eigenvalue weighted by atomic mass is 10.0. The van der Waals surface area contributed by atoms with Crippen LogP contribution in [0, 0.1) is 0 Å². The van der Waals surface area contributed by atoms with Crippen molar-refractivity contribution in [3.05, 3.63) is 82.8 Å². The van der Waals surface area contributed by atoms with E-state index in [-0.39, 0.29) is 17.5 Å². The topological polar surface area (TPSA) is 89.2 Å². The Balaban J connectivity index is 1.30. The second-order valence-electron chi connectivity index (χ2n) is 8.61. The summed E-state index contributed by atoms with van der Waals surface area (Å²) in [6, 6.07) is 3.90. The van der Waals surface area contributed by atoms with Crippen LogP contribution in [0.5, 0.6) is 0 Å². The minimum Gasteiger partial charge on any atom is -0.356 e. The molecule has 3 aromatic rings. The second kappa shape index (κ2) is 9.09. The van der Waals surface area contributed by atoms with Crippen molar-refractivity contribution in [1.29, 1.82) is 0 Å². The van der Waals surface area contributed by atoms with Gasteiger partial charge in [-0.15, -0.1) is 6.58 Å². The van der Waals surface area contributed by atoms with Gasteiger partial charge in [0.25, 0.3) is 11.5 Å². The Morgan fingerprint density at radius 1 is 1.26 bits per heavy atom. The van der Waals surface area contributed by atoms with Gasteiger partial charge in [-0.1, -0.05) is 18.2 Å². The van der Waals surface area contributed by atoms with Crippen molar-refractivity contribution >= 4 is 17.8 Å². The maximum absolute atomic E-state index is 13.5. The van der Waals surface area contributed by atoms with Gasteiger partial charge in [-0.3, -0.25) is 9.59 Å². The molecule has 0 spiro atoms. The summed E-state index contributed by atoms with van der Waals surface area (Å²) >= 11 is 0. The average Bonchev–Trinajstić information content (AvgIpc) is 3.58. The van der Waals surface area contributed by atoms with Crippen LogP contribution in [-0.2, 0) is 13.0 Å². The molecule has 4 heterocycles. The fourth-order valence-corrected chi connectivity index (χ4v) is 4.74. The molecule has 1 amide bonds. The monoisotopic (exact) mass is 457 g/mol.